The molecule has 0 radical (unpaired) electrons. The summed E-state index contributed by atoms with van der Waals surface area (Å²) in [6, 6.07) is 11.5. The highest BCUT2D eigenvalue weighted by molar-refractivity contribution is 7.98. The molecule has 4 heteroatoms. The molecule has 1 atom stereocenters. The van der Waals surface area contributed by atoms with Gasteiger partial charge in [-0.1, -0.05) is 6.92 Å². The summed E-state index contributed by atoms with van der Waals surface area (Å²) in [7, 11) is 1.94. The van der Waals surface area contributed by atoms with Crippen molar-refractivity contribution in [2.24, 2.45) is 7.05 Å². The molecule has 0 aliphatic heterocycles. The fourth-order valence-corrected chi connectivity index (χ4v) is 2.57. The molecule has 0 amide bonds. The molecule has 0 fully saturated rings. The molecule has 106 valence electrons. The molecule has 0 bridgehead atoms. The van der Waals surface area contributed by atoms with Gasteiger partial charge in [0.05, 0.1) is 5.92 Å². The van der Waals surface area contributed by atoms with E-state index in [2.05, 4.69) is 0 Å². The van der Waals surface area contributed by atoms with Crippen molar-refractivity contribution in [2.45, 2.75) is 24.2 Å². The van der Waals surface area contributed by atoms with E-state index in [1.165, 1.54) is 0 Å². The molecule has 3 nitrogen and oxygen atoms in total. The van der Waals surface area contributed by atoms with E-state index < -0.39 is 0 Å². The van der Waals surface area contributed by atoms with Gasteiger partial charge in [0.1, 0.15) is 5.75 Å². The zero-order valence-electron chi connectivity index (χ0n) is 12.0. The third-order valence-electron chi connectivity index (χ3n) is 3.31. The second-order valence-electron chi connectivity index (χ2n) is 4.60. The lowest BCUT2D eigenvalue weighted by molar-refractivity contribution is -0.136. The first-order chi connectivity index (χ1) is 9.65. The van der Waals surface area contributed by atoms with Crippen molar-refractivity contribution in [1.82, 2.24) is 4.57 Å². The van der Waals surface area contributed by atoms with Gasteiger partial charge < -0.3 is 9.30 Å². The van der Waals surface area contributed by atoms with Crippen LogP contribution in [0, 0.1) is 0 Å². The smallest absolute Gasteiger partial charge is 0.320 e. The van der Waals surface area contributed by atoms with Crippen molar-refractivity contribution in [1.29, 1.82) is 0 Å². The monoisotopic (exact) mass is 289 g/mol. The first kappa shape index (κ1) is 14.7. The minimum absolute atomic E-state index is 0.203. The van der Waals surface area contributed by atoms with Crippen LogP contribution in [0.2, 0.25) is 0 Å². The van der Waals surface area contributed by atoms with Gasteiger partial charge in [-0.05, 0) is 49.1 Å². The Balaban J connectivity index is 2.11. The van der Waals surface area contributed by atoms with E-state index in [-0.39, 0.29) is 11.9 Å². The van der Waals surface area contributed by atoms with Crippen LogP contribution in [0.1, 0.15) is 25.0 Å². The number of aromatic nitrogens is 1. The van der Waals surface area contributed by atoms with Crippen LogP contribution in [-0.2, 0) is 11.8 Å². The minimum Gasteiger partial charge on any atom is -0.426 e. The van der Waals surface area contributed by atoms with E-state index in [0.717, 1.165) is 17.0 Å². The molecule has 20 heavy (non-hydrogen) atoms. The molecular formula is C16H19NO2S. The summed E-state index contributed by atoms with van der Waals surface area (Å²) in [6.45, 7) is 2.00. The Kier molecular flexibility index (Phi) is 4.90. The first-order valence-electron chi connectivity index (χ1n) is 6.62. The van der Waals surface area contributed by atoms with Crippen LogP contribution in [0.5, 0.6) is 5.75 Å². The van der Waals surface area contributed by atoms with E-state index >= 15 is 0 Å². The quantitative estimate of drug-likeness (QED) is 0.476. The van der Waals surface area contributed by atoms with Crippen LogP contribution in [0.25, 0.3) is 0 Å². The molecule has 1 heterocycles. The topological polar surface area (TPSA) is 31.2 Å². The maximum absolute atomic E-state index is 12.3. The Morgan fingerprint density at radius 2 is 2.00 bits per heavy atom. The SMILES string of the molecule is CCC(C(=O)Oc1ccc(SC)cc1)c1cccn1C. The molecule has 0 aliphatic carbocycles. The maximum atomic E-state index is 12.3. The Morgan fingerprint density at radius 3 is 2.50 bits per heavy atom. The standard InChI is InChI=1S/C16H19NO2S/c1-4-14(15-6-5-11-17(15)2)16(18)19-12-7-9-13(20-3)10-8-12/h5-11,14H,4H2,1-3H3. The molecule has 1 unspecified atom stereocenters. The van der Waals surface area contributed by atoms with Crippen molar-refractivity contribution in [2.75, 3.05) is 6.26 Å². The van der Waals surface area contributed by atoms with Crippen LogP contribution in [0.15, 0.2) is 47.5 Å². The number of hydrogen-bond donors (Lipinski definition) is 0. The molecule has 0 aliphatic rings. The molecule has 0 saturated heterocycles. The van der Waals surface area contributed by atoms with Gasteiger partial charge in [-0.15, -0.1) is 11.8 Å². The van der Waals surface area contributed by atoms with Gasteiger partial charge >= 0.3 is 5.97 Å². The average molecular weight is 289 g/mol. The fraction of sp³-hybridized carbons (Fsp3) is 0.312. The Labute approximate surface area is 123 Å². The highest BCUT2D eigenvalue weighted by atomic mass is 32.2. The van der Waals surface area contributed by atoms with Gasteiger partial charge in [-0.2, -0.15) is 0 Å². The summed E-state index contributed by atoms with van der Waals surface area (Å²) in [6.07, 6.45) is 4.68. The Bertz CT molecular complexity index is 574. The van der Waals surface area contributed by atoms with Gasteiger partial charge in [-0.3, -0.25) is 4.79 Å². The van der Waals surface area contributed by atoms with Crippen LogP contribution in [-0.4, -0.2) is 16.8 Å². The molecule has 0 N–H and O–H groups in total. The van der Waals surface area contributed by atoms with Crippen molar-refractivity contribution in [3.8, 4) is 5.75 Å². The molecule has 0 saturated carbocycles. The summed E-state index contributed by atoms with van der Waals surface area (Å²) in [4.78, 5) is 13.5. The zero-order valence-corrected chi connectivity index (χ0v) is 12.8. The van der Waals surface area contributed by atoms with Crippen molar-refractivity contribution in [3.63, 3.8) is 0 Å². The molecule has 0 spiro atoms. The van der Waals surface area contributed by atoms with Crippen LogP contribution in [0.3, 0.4) is 0 Å². The molecule has 1 aromatic heterocycles. The summed E-state index contributed by atoms with van der Waals surface area (Å²) in [5.41, 5.74) is 0.984. The highest BCUT2D eigenvalue weighted by Crippen LogP contribution is 2.24. The Hall–Kier alpha value is -1.68. The number of thioether (sulfide) groups is 1. The van der Waals surface area contributed by atoms with E-state index in [1.54, 1.807) is 11.8 Å². The van der Waals surface area contributed by atoms with Gasteiger partial charge in [0.15, 0.2) is 0 Å². The number of ether oxygens (including phenoxy) is 1. The number of hydrogen-bond acceptors (Lipinski definition) is 3. The number of benzene rings is 1. The lowest BCUT2D eigenvalue weighted by Crippen LogP contribution is -2.20. The normalized spacial score (nSPS) is 12.2. The predicted octanol–water partition coefficient (Wildman–Crippen LogP) is 3.85. The van der Waals surface area contributed by atoms with Crippen molar-refractivity contribution in [3.05, 3.63) is 48.3 Å². The molecule has 2 rings (SSSR count). The highest BCUT2D eigenvalue weighted by Gasteiger charge is 2.22. The van der Waals surface area contributed by atoms with Gasteiger partial charge in [0, 0.05) is 23.8 Å². The second kappa shape index (κ2) is 6.66. The van der Waals surface area contributed by atoms with Crippen LogP contribution in [0.4, 0.5) is 0 Å². The van der Waals surface area contributed by atoms with E-state index in [9.17, 15) is 4.79 Å². The van der Waals surface area contributed by atoms with E-state index in [4.69, 9.17) is 4.74 Å². The third kappa shape index (κ3) is 3.25. The molecular weight excluding hydrogens is 270 g/mol. The number of carbonyl (C=O) groups is 1. The van der Waals surface area contributed by atoms with Crippen molar-refractivity contribution >= 4 is 17.7 Å². The third-order valence-corrected chi connectivity index (χ3v) is 4.06. The second-order valence-corrected chi connectivity index (χ2v) is 5.48. The van der Waals surface area contributed by atoms with Gasteiger partial charge in [0.2, 0.25) is 0 Å². The maximum Gasteiger partial charge on any atom is 0.320 e. The summed E-state index contributed by atoms with van der Waals surface area (Å²) in [5, 5.41) is 0. The summed E-state index contributed by atoms with van der Waals surface area (Å²) < 4.78 is 7.45. The van der Waals surface area contributed by atoms with Crippen LogP contribution < -0.4 is 4.74 Å². The first-order valence-corrected chi connectivity index (χ1v) is 7.85. The molecule has 2 aromatic rings. The fourth-order valence-electron chi connectivity index (χ4n) is 2.16. The Morgan fingerprint density at radius 1 is 1.30 bits per heavy atom. The largest absolute Gasteiger partial charge is 0.426 e. The van der Waals surface area contributed by atoms with E-state index in [1.807, 2.05) is 67.4 Å². The predicted molar refractivity (Wildman–Crippen MR) is 82.3 cm³/mol. The van der Waals surface area contributed by atoms with Gasteiger partial charge in [0.25, 0.3) is 0 Å². The van der Waals surface area contributed by atoms with Crippen molar-refractivity contribution < 1.29 is 9.53 Å². The minimum atomic E-state index is -0.227. The summed E-state index contributed by atoms with van der Waals surface area (Å²) in [5.74, 6) is 0.168. The number of rotatable bonds is 5. The van der Waals surface area contributed by atoms with E-state index in [0.29, 0.717) is 5.75 Å². The number of carbonyl (C=O) groups excluding carboxylic acids is 1. The number of nitrogens with zero attached hydrogens (tertiary/aromatic N) is 1. The number of esters is 1. The average Bonchev–Trinajstić information content (AvgIpc) is 2.87. The number of aryl methyl sites for hydroxylation is 1. The zero-order chi connectivity index (χ0) is 14.5. The van der Waals surface area contributed by atoms with Gasteiger partial charge in [-0.25, -0.2) is 0 Å². The lowest BCUT2D eigenvalue weighted by Gasteiger charge is -2.15. The lowest BCUT2D eigenvalue weighted by atomic mass is 10.0. The van der Waals surface area contributed by atoms with Crippen LogP contribution >= 0.6 is 11.8 Å². The summed E-state index contributed by atoms with van der Waals surface area (Å²) >= 11 is 1.66. The molecule has 1 aromatic carbocycles.